The van der Waals surface area contributed by atoms with E-state index in [2.05, 4.69) is 10.2 Å². The molecule has 0 aliphatic rings. The Labute approximate surface area is 113 Å². The summed E-state index contributed by atoms with van der Waals surface area (Å²) in [4.78, 5) is 11.2. The minimum Gasteiger partial charge on any atom is -0.478 e. The highest BCUT2D eigenvalue weighted by Gasteiger charge is 2.15. The maximum absolute atomic E-state index is 11.2. The number of carboxylic acid groups (broad SMARTS) is 1. The summed E-state index contributed by atoms with van der Waals surface area (Å²) < 4.78 is 1.70. The number of carboxylic acids is 1. The van der Waals surface area contributed by atoms with Crippen LogP contribution in [0, 0.1) is 0 Å². The van der Waals surface area contributed by atoms with Crippen molar-refractivity contribution in [1.29, 1.82) is 0 Å². The van der Waals surface area contributed by atoms with Gasteiger partial charge in [0.15, 0.2) is 11.5 Å². The molecule has 0 aliphatic heterocycles. The number of hydrogen-bond donors (Lipinski definition) is 1. The van der Waals surface area contributed by atoms with E-state index in [0.29, 0.717) is 22.1 Å². The third-order valence-corrected chi connectivity index (χ3v) is 3.01. The van der Waals surface area contributed by atoms with Crippen LogP contribution in [0.25, 0.3) is 17.0 Å². The first kappa shape index (κ1) is 11.7. The van der Waals surface area contributed by atoms with Crippen LogP contribution in [0.5, 0.6) is 0 Å². The van der Waals surface area contributed by atoms with Gasteiger partial charge in [-0.2, -0.15) is 0 Å². The van der Waals surface area contributed by atoms with Gasteiger partial charge in [0.25, 0.3) is 0 Å². The molecule has 5 nitrogen and oxygen atoms in total. The van der Waals surface area contributed by atoms with Crippen LogP contribution in [0.2, 0.25) is 5.02 Å². The average Bonchev–Trinajstić information content (AvgIpc) is 2.81. The lowest BCUT2D eigenvalue weighted by atomic mass is 10.1. The van der Waals surface area contributed by atoms with Crippen molar-refractivity contribution in [3.63, 3.8) is 0 Å². The molecule has 0 amide bonds. The number of nitrogens with zero attached hydrogens (tertiary/aromatic N) is 3. The van der Waals surface area contributed by atoms with Crippen molar-refractivity contribution in [3.8, 4) is 11.4 Å². The Balaban J connectivity index is 2.28. The summed E-state index contributed by atoms with van der Waals surface area (Å²) in [6, 6.07) is 10.0. The molecule has 19 heavy (non-hydrogen) atoms. The van der Waals surface area contributed by atoms with Gasteiger partial charge < -0.3 is 5.11 Å². The lowest BCUT2D eigenvalue weighted by Gasteiger charge is -2.04. The van der Waals surface area contributed by atoms with Crippen LogP contribution in [0.15, 0.2) is 42.6 Å². The van der Waals surface area contributed by atoms with E-state index in [1.807, 2.05) is 0 Å². The van der Waals surface area contributed by atoms with Gasteiger partial charge in [-0.1, -0.05) is 29.8 Å². The highest BCUT2D eigenvalue weighted by Crippen LogP contribution is 2.23. The number of aromatic nitrogens is 3. The van der Waals surface area contributed by atoms with Crippen molar-refractivity contribution in [2.75, 3.05) is 0 Å². The van der Waals surface area contributed by atoms with Crippen LogP contribution in [0.1, 0.15) is 10.4 Å². The lowest BCUT2D eigenvalue weighted by Crippen LogP contribution is -2.01. The molecular formula is C13H8ClN3O2. The molecule has 0 saturated heterocycles. The number of rotatable bonds is 2. The van der Waals surface area contributed by atoms with Crippen LogP contribution in [-0.4, -0.2) is 25.7 Å². The van der Waals surface area contributed by atoms with Crippen LogP contribution in [0.3, 0.4) is 0 Å². The molecule has 3 rings (SSSR count). The Bertz CT molecular complexity index is 782. The molecule has 0 radical (unpaired) electrons. The van der Waals surface area contributed by atoms with Crippen molar-refractivity contribution < 1.29 is 9.90 Å². The van der Waals surface area contributed by atoms with E-state index in [4.69, 9.17) is 11.6 Å². The Kier molecular flexibility index (Phi) is 2.68. The zero-order valence-electron chi connectivity index (χ0n) is 9.62. The maximum atomic E-state index is 11.2. The summed E-state index contributed by atoms with van der Waals surface area (Å²) >= 11 is 5.88. The minimum absolute atomic E-state index is 0.187. The van der Waals surface area contributed by atoms with Crippen molar-refractivity contribution in [1.82, 2.24) is 14.6 Å². The fourth-order valence-electron chi connectivity index (χ4n) is 1.91. The number of fused-ring (bicyclic) bond motifs is 1. The molecular weight excluding hydrogens is 266 g/mol. The summed E-state index contributed by atoms with van der Waals surface area (Å²) in [5, 5.41) is 17.8. The number of benzene rings is 1. The number of pyridine rings is 1. The van der Waals surface area contributed by atoms with Crippen LogP contribution in [0.4, 0.5) is 0 Å². The normalized spacial score (nSPS) is 10.8. The van der Waals surface area contributed by atoms with E-state index in [9.17, 15) is 9.90 Å². The molecule has 0 saturated carbocycles. The molecule has 0 spiro atoms. The van der Waals surface area contributed by atoms with Gasteiger partial charge >= 0.3 is 5.97 Å². The third-order valence-electron chi connectivity index (χ3n) is 2.77. The van der Waals surface area contributed by atoms with E-state index in [-0.39, 0.29) is 5.56 Å². The molecule has 6 heteroatoms. The summed E-state index contributed by atoms with van der Waals surface area (Å²) in [6.45, 7) is 0. The quantitative estimate of drug-likeness (QED) is 0.779. The van der Waals surface area contributed by atoms with E-state index in [1.165, 1.54) is 6.07 Å². The lowest BCUT2D eigenvalue weighted by molar-refractivity contribution is 0.0697. The molecule has 0 atom stereocenters. The SMILES string of the molecule is O=C(O)c1ccccc1-c1nnc2cc(Cl)ccn12. The predicted molar refractivity (Wildman–Crippen MR) is 70.4 cm³/mol. The molecule has 0 fully saturated rings. The second-order valence-corrected chi connectivity index (χ2v) is 4.38. The predicted octanol–water partition coefficient (Wildman–Crippen LogP) is 2.75. The number of halogens is 1. The van der Waals surface area contributed by atoms with Crippen LogP contribution >= 0.6 is 11.6 Å². The van der Waals surface area contributed by atoms with Gasteiger partial charge in [0.1, 0.15) is 0 Å². The number of carbonyl (C=O) groups is 1. The molecule has 2 heterocycles. The van der Waals surface area contributed by atoms with Gasteiger partial charge in [0.05, 0.1) is 5.56 Å². The van der Waals surface area contributed by atoms with Gasteiger partial charge in [-0.25, -0.2) is 4.79 Å². The molecule has 2 aromatic heterocycles. The van der Waals surface area contributed by atoms with Crippen molar-refractivity contribution in [2.24, 2.45) is 0 Å². The molecule has 0 aliphatic carbocycles. The van der Waals surface area contributed by atoms with Crippen LogP contribution in [-0.2, 0) is 0 Å². The first-order valence-electron chi connectivity index (χ1n) is 5.50. The summed E-state index contributed by atoms with van der Waals surface area (Å²) in [5.41, 5.74) is 1.28. The zero-order valence-corrected chi connectivity index (χ0v) is 10.4. The molecule has 0 bridgehead atoms. The van der Waals surface area contributed by atoms with Crippen LogP contribution < -0.4 is 0 Å². The summed E-state index contributed by atoms with van der Waals surface area (Å²) in [6.07, 6.45) is 1.71. The zero-order chi connectivity index (χ0) is 13.4. The third kappa shape index (κ3) is 1.94. The molecule has 3 aromatic rings. The molecule has 94 valence electrons. The van der Waals surface area contributed by atoms with E-state index in [0.717, 1.165) is 0 Å². The first-order chi connectivity index (χ1) is 9.16. The first-order valence-corrected chi connectivity index (χ1v) is 5.87. The molecule has 0 unspecified atom stereocenters. The Morgan fingerprint density at radius 1 is 1.21 bits per heavy atom. The number of hydrogen-bond acceptors (Lipinski definition) is 3. The summed E-state index contributed by atoms with van der Waals surface area (Å²) in [7, 11) is 0. The fraction of sp³-hybridized carbons (Fsp3) is 0. The largest absolute Gasteiger partial charge is 0.478 e. The van der Waals surface area contributed by atoms with Crippen molar-refractivity contribution >= 4 is 23.2 Å². The van der Waals surface area contributed by atoms with Gasteiger partial charge in [-0.15, -0.1) is 10.2 Å². The van der Waals surface area contributed by atoms with Gasteiger partial charge in [0.2, 0.25) is 0 Å². The monoisotopic (exact) mass is 273 g/mol. The van der Waals surface area contributed by atoms with Crippen molar-refractivity contribution in [2.45, 2.75) is 0 Å². The fourth-order valence-corrected chi connectivity index (χ4v) is 2.07. The average molecular weight is 274 g/mol. The standard InChI is InChI=1S/C13H8ClN3O2/c14-8-5-6-17-11(7-8)15-16-12(17)9-3-1-2-4-10(9)13(18)19/h1-7H,(H,18,19). The van der Waals surface area contributed by atoms with E-state index < -0.39 is 5.97 Å². The Morgan fingerprint density at radius 3 is 2.79 bits per heavy atom. The second kappa shape index (κ2) is 4.37. The van der Waals surface area contributed by atoms with E-state index >= 15 is 0 Å². The van der Waals surface area contributed by atoms with Gasteiger partial charge in [-0.3, -0.25) is 4.40 Å². The Hall–Kier alpha value is -2.40. The molecule has 1 N–H and O–H groups in total. The number of aromatic carboxylic acids is 1. The van der Waals surface area contributed by atoms with Gasteiger partial charge in [-0.05, 0) is 12.1 Å². The van der Waals surface area contributed by atoms with Crippen molar-refractivity contribution in [3.05, 3.63) is 53.2 Å². The Morgan fingerprint density at radius 2 is 2.00 bits per heavy atom. The highest BCUT2D eigenvalue weighted by molar-refractivity contribution is 6.30. The maximum Gasteiger partial charge on any atom is 0.336 e. The van der Waals surface area contributed by atoms with E-state index in [1.54, 1.807) is 40.9 Å². The minimum atomic E-state index is -0.999. The second-order valence-electron chi connectivity index (χ2n) is 3.95. The summed E-state index contributed by atoms with van der Waals surface area (Å²) in [5.74, 6) is -0.522. The van der Waals surface area contributed by atoms with Gasteiger partial charge in [0, 0.05) is 22.8 Å². The topological polar surface area (TPSA) is 67.5 Å². The molecule has 1 aromatic carbocycles. The smallest absolute Gasteiger partial charge is 0.336 e. The highest BCUT2D eigenvalue weighted by atomic mass is 35.5.